The zero-order valence-electron chi connectivity index (χ0n) is 18.4. The van der Waals surface area contributed by atoms with E-state index in [1.165, 1.54) is 36.5 Å². The summed E-state index contributed by atoms with van der Waals surface area (Å²) in [5, 5.41) is 4.27. The van der Waals surface area contributed by atoms with Crippen LogP contribution >= 0.6 is 11.3 Å². The van der Waals surface area contributed by atoms with Gasteiger partial charge in [-0.3, -0.25) is 9.59 Å². The molecule has 1 N–H and O–H groups in total. The van der Waals surface area contributed by atoms with E-state index < -0.39 is 0 Å². The monoisotopic (exact) mass is 433 g/mol. The van der Waals surface area contributed by atoms with E-state index in [0.717, 1.165) is 69.5 Å². The van der Waals surface area contributed by atoms with Gasteiger partial charge in [-0.1, -0.05) is 0 Å². The number of carbonyl (C=O) groups excluding carboxylic acids is 2. The highest BCUT2D eigenvalue weighted by molar-refractivity contribution is 7.15. The second kappa shape index (κ2) is 9.64. The van der Waals surface area contributed by atoms with Gasteiger partial charge in [-0.15, -0.1) is 11.3 Å². The molecule has 3 heterocycles. The molecule has 4 rings (SSSR count). The maximum absolute atomic E-state index is 12.7. The highest BCUT2D eigenvalue weighted by Crippen LogP contribution is 2.34. The largest absolute Gasteiger partial charge is 0.356 e. The standard InChI is InChI=1S/C22H35N5O2S/c1-16(28)26-11-13-27(14-12-26)22-24-19-4-3-18(15-20(19)30-22)21(29)23-8-5-17-6-9-25(2)10-7-17/h17-18H,3-15H2,1-2H3,(H,23,29). The first-order valence-electron chi connectivity index (χ1n) is 11.4. The number of carbonyl (C=O) groups is 2. The topological polar surface area (TPSA) is 68.8 Å². The number of hydrogen-bond donors (Lipinski definition) is 1. The minimum atomic E-state index is 0.0813. The Kier molecular flexibility index (Phi) is 6.93. The van der Waals surface area contributed by atoms with E-state index in [0.29, 0.717) is 0 Å². The number of anilines is 1. The summed E-state index contributed by atoms with van der Waals surface area (Å²) in [7, 11) is 2.19. The first-order valence-corrected chi connectivity index (χ1v) is 12.3. The fourth-order valence-electron chi connectivity index (χ4n) is 4.83. The Hall–Kier alpha value is -1.67. The molecule has 8 heteroatoms. The lowest BCUT2D eigenvalue weighted by atomic mass is 9.90. The molecule has 0 radical (unpaired) electrons. The number of piperidine rings is 1. The molecule has 0 saturated carbocycles. The lowest BCUT2D eigenvalue weighted by molar-refractivity contribution is -0.129. The molecule has 1 aromatic heterocycles. The molecule has 2 aliphatic heterocycles. The fourth-order valence-corrected chi connectivity index (χ4v) is 6.07. The van der Waals surface area contributed by atoms with Crippen LogP contribution in [0.4, 0.5) is 5.13 Å². The van der Waals surface area contributed by atoms with Gasteiger partial charge in [0, 0.05) is 50.4 Å². The minimum absolute atomic E-state index is 0.0813. The first-order chi connectivity index (χ1) is 14.5. The highest BCUT2D eigenvalue weighted by atomic mass is 32.1. The molecular formula is C22H35N5O2S. The van der Waals surface area contributed by atoms with Gasteiger partial charge in [0.25, 0.3) is 0 Å². The van der Waals surface area contributed by atoms with Crippen molar-refractivity contribution in [1.82, 2.24) is 20.1 Å². The Labute approximate surface area is 183 Å². The van der Waals surface area contributed by atoms with E-state index in [1.54, 1.807) is 18.3 Å². The number of thiazole rings is 1. The zero-order chi connectivity index (χ0) is 21.1. The third kappa shape index (κ3) is 5.14. The molecule has 2 fully saturated rings. The van der Waals surface area contributed by atoms with Gasteiger partial charge >= 0.3 is 0 Å². The van der Waals surface area contributed by atoms with Gasteiger partial charge < -0.3 is 20.0 Å². The molecule has 0 bridgehead atoms. The Morgan fingerprint density at radius 3 is 2.53 bits per heavy atom. The number of aryl methyl sites for hydroxylation is 1. The van der Waals surface area contributed by atoms with Gasteiger partial charge in [0.2, 0.25) is 11.8 Å². The maximum atomic E-state index is 12.7. The second-order valence-electron chi connectivity index (χ2n) is 9.13. The number of aromatic nitrogens is 1. The molecular weight excluding hydrogens is 398 g/mol. The summed E-state index contributed by atoms with van der Waals surface area (Å²) in [5.74, 6) is 1.21. The van der Waals surface area contributed by atoms with Gasteiger partial charge in [-0.2, -0.15) is 0 Å². The molecule has 1 aromatic rings. The molecule has 7 nitrogen and oxygen atoms in total. The van der Waals surface area contributed by atoms with Crippen molar-refractivity contribution in [3.63, 3.8) is 0 Å². The fraction of sp³-hybridized carbons (Fsp3) is 0.773. The summed E-state index contributed by atoms with van der Waals surface area (Å²) in [6, 6.07) is 0. The number of piperazine rings is 1. The molecule has 1 atom stereocenters. The van der Waals surface area contributed by atoms with Crippen LogP contribution in [0.1, 0.15) is 43.2 Å². The van der Waals surface area contributed by atoms with Gasteiger partial charge in [-0.25, -0.2) is 4.98 Å². The molecule has 1 aliphatic carbocycles. The van der Waals surface area contributed by atoms with Gasteiger partial charge in [-0.05, 0) is 64.6 Å². The molecule has 30 heavy (non-hydrogen) atoms. The summed E-state index contributed by atoms with van der Waals surface area (Å²) < 4.78 is 0. The smallest absolute Gasteiger partial charge is 0.223 e. The predicted molar refractivity (Wildman–Crippen MR) is 120 cm³/mol. The van der Waals surface area contributed by atoms with Crippen LogP contribution in [0, 0.1) is 11.8 Å². The van der Waals surface area contributed by atoms with Crippen molar-refractivity contribution in [1.29, 1.82) is 0 Å². The number of rotatable bonds is 5. The Morgan fingerprint density at radius 1 is 1.10 bits per heavy atom. The summed E-state index contributed by atoms with van der Waals surface area (Å²) in [6.45, 7) is 8.02. The normalized spacial score (nSPS) is 23.3. The Balaban J connectivity index is 1.24. The molecule has 3 aliphatic rings. The van der Waals surface area contributed by atoms with Gasteiger partial charge in [0.05, 0.1) is 5.69 Å². The minimum Gasteiger partial charge on any atom is -0.356 e. The van der Waals surface area contributed by atoms with E-state index in [4.69, 9.17) is 4.98 Å². The number of hydrogen-bond acceptors (Lipinski definition) is 6. The maximum Gasteiger partial charge on any atom is 0.223 e. The van der Waals surface area contributed by atoms with Crippen LogP contribution in [-0.2, 0) is 22.4 Å². The van der Waals surface area contributed by atoms with E-state index in [-0.39, 0.29) is 17.7 Å². The molecule has 2 amide bonds. The van der Waals surface area contributed by atoms with Crippen LogP contribution in [0.2, 0.25) is 0 Å². The van der Waals surface area contributed by atoms with Crippen molar-refractivity contribution < 1.29 is 9.59 Å². The van der Waals surface area contributed by atoms with Crippen molar-refractivity contribution in [2.45, 2.75) is 45.4 Å². The number of fused-ring (bicyclic) bond motifs is 1. The number of nitrogens with zero attached hydrogens (tertiary/aromatic N) is 4. The highest BCUT2D eigenvalue weighted by Gasteiger charge is 2.29. The molecule has 166 valence electrons. The van der Waals surface area contributed by atoms with Crippen molar-refractivity contribution in [3.8, 4) is 0 Å². The SMILES string of the molecule is CC(=O)N1CCN(c2nc3c(s2)CC(C(=O)NCCC2CCN(C)CC2)CC3)CC1. The van der Waals surface area contributed by atoms with E-state index in [1.807, 2.05) is 4.90 Å². The van der Waals surface area contributed by atoms with Crippen LogP contribution in [0.25, 0.3) is 0 Å². The number of nitrogens with one attached hydrogen (secondary N) is 1. The lowest BCUT2D eigenvalue weighted by Crippen LogP contribution is -2.48. The van der Waals surface area contributed by atoms with Crippen LogP contribution < -0.4 is 10.2 Å². The average Bonchev–Trinajstić information content (AvgIpc) is 3.18. The summed E-state index contributed by atoms with van der Waals surface area (Å²) in [6.07, 6.45) is 6.22. The summed E-state index contributed by atoms with van der Waals surface area (Å²) >= 11 is 1.75. The van der Waals surface area contributed by atoms with E-state index in [2.05, 4.69) is 22.2 Å². The van der Waals surface area contributed by atoms with E-state index in [9.17, 15) is 9.59 Å². The predicted octanol–water partition coefficient (Wildman–Crippen LogP) is 1.76. The van der Waals surface area contributed by atoms with Gasteiger partial charge in [0.15, 0.2) is 5.13 Å². The van der Waals surface area contributed by atoms with Crippen LogP contribution in [-0.4, -0.2) is 79.5 Å². The van der Waals surface area contributed by atoms with Crippen LogP contribution in [0.15, 0.2) is 0 Å². The van der Waals surface area contributed by atoms with Crippen LogP contribution in [0.3, 0.4) is 0 Å². The quantitative estimate of drug-likeness (QED) is 0.766. The third-order valence-corrected chi connectivity index (χ3v) is 8.17. The zero-order valence-corrected chi connectivity index (χ0v) is 19.2. The summed E-state index contributed by atoms with van der Waals surface area (Å²) in [4.78, 5) is 37.0. The van der Waals surface area contributed by atoms with Crippen molar-refractivity contribution in [2.75, 3.05) is 57.8 Å². The number of amides is 2. The van der Waals surface area contributed by atoms with Crippen molar-refractivity contribution in [2.24, 2.45) is 11.8 Å². The second-order valence-corrected chi connectivity index (χ2v) is 10.2. The number of likely N-dealkylation sites (tertiary alicyclic amines) is 1. The average molecular weight is 434 g/mol. The van der Waals surface area contributed by atoms with E-state index >= 15 is 0 Å². The molecule has 1 unspecified atom stereocenters. The molecule has 2 saturated heterocycles. The summed E-state index contributed by atoms with van der Waals surface area (Å²) in [5.41, 5.74) is 1.18. The lowest BCUT2D eigenvalue weighted by Gasteiger charge is -2.33. The molecule has 0 aromatic carbocycles. The third-order valence-electron chi connectivity index (χ3n) is 6.98. The first kappa shape index (κ1) is 21.6. The van der Waals surface area contributed by atoms with Crippen molar-refractivity contribution in [3.05, 3.63) is 10.6 Å². The Morgan fingerprint density at radius 2 is 1.83 bits per heavy atom. The van der Waals surface area contributed by atoms with Crippen LogP contribution in [0.5, 0.6) is 0 Å². The Bertz CT molecular complexity index is 751. The van der Waals surface area contributed by atoms with Crippen molar-refractivity contribution >= 4 is 28.3 Å². The van der Waals surface area contributed by atoms with Gasteiger partial charge in [0.1, 0.15) is 0 Å². The molecule has 0 spiro atoms.